The molecule has 4 fully saturated rings. The number of piperidine rings is 2. The zero-order valence-electron chi connectivity index (χ0n) is 15.4. The molecule has 5 aliphatic rings. The highest BCUT2D eigenvalue weighted by molar-refractivity contribution is 5.99. The molecule has 1 spiro atoms. The quantitative estimate of drug-likeness (QED) is 0.373. The molecule has 0 aromatic heterocycles. The SMILES string of the molecule is C/C=C1/CN2[C@@H]3C[C@]45c6ccccc6N[C@@]4(O3)[C@@H]2C[C@@H]1[C@@]5(C=O)C(=O)OC. The Balaban J connectivity index is 1.75. The summed E-state index contributed by atoms with van der Waals surface area (Å²) in [7, 11) is 1.38. The summed E-state index contributed by atoms with van der Waals surface area (Å²) in [4.78, 5) is 28.7. The molecule has 4 bridgehead atoms. The molecule has 1 aliphatic carbocycles. The van der Waals surface area contributed by atoms with Gasteiger partial charge >= 0.3 is 5.97 Å². The molecule has 0 amide bonds. The summed E-state index contributed by atoms with van der Waals surface area (Å²) in [5.41, 5.74) is 0.303. The van der Waals surface area contributed by atoms with E-state index in [1.807, 2.05) is 31.2 Å². The van der Waals surface area contributed by atoms with Crippen LogP contribution in [0.3, 0.4) is 0 Å². The zero-order valence-corrected chi connectivity index (χ0v) is 15.4. The molecule has 3 saturated heterocycles. The van der Waals surface area contributed by atoms with Crippen LogP contribution in [0.4, 0.5) is 5.69 Å². The fourth-order valence-electron chi connectivity index (χ4n) is 7.14. The number of rotatable bonds is 2. The second kappa shape index (κ2) is 4.62. The van der Waals surface area contributed by atoms with E-state index < -0.39 is 22.5 Å². The Morgan fingerprint density at radius 2 is 2.22 bits per heavy atom. The Labute approximate surface area is 157 Å². The first-order chi connectivity index (χ1) is 13.1. The van der Waals surface area contributed by atoms with E-state index in [-0.39, 0.29) is 18.2 Å². The number of carbonyl (C=O) groups excluding carboxylic acids is 2. The Morgan fingerprint density at radius 3 is 2.96 bits per heavy atom. The molecule has 6 heteroatoms. The lowest BCUT2D eigenvalue weighted by Crippen LogP contribution is -2.78. The molecule has 6 nitrogen and oxygen atoms in total. The highest BCUT2D eigenvalue weighted by Gasteiger charge is 2.87. The number of nitrogens with zero attached hydrogens (tertiary/aromatic N) is 1. The number of fused-ring (bicyclic) bond motifs is 4. The van der Waals surface area contributed by atoms with Gasteiger partial charge in [0.1, 0.15) is 17.9 Å². The molecule has 4 aliphatic heterocycles. The predicted octanol–water partition coefficient (Wildman–Crippen LogP) is 1.81. The van der Waals surface area contributed by atoms with Crippen molar-refractivity contribution in [1.82, 2.24) is 4.90 Å². The van der Waals surface area contributed by atoms with Gasteiger partial charge in [-0.2, -0.15) is 0 Å². The fourth-order valence-corrected chi connectivity index (χ4v) is 7.14. The van der Waals surface area contributed by atoms with Crippen LogP contribution >= 0.6 is 0 Å². The molecule has 1 N–H and O–H groups in total. The smallest absolute Gasteiger partial charge is 0.320 e. The Bertz CT molecular complexity index is 929. The first-order valence-corrected chi connectivity index (χ1v) is 9.60. The van der Waals surface area contributed by atoms with Gasteiger partial charge in [-0.3, -0.25) is 9.69 Å². The third-order valence-corrected chi connectivity index (χ3v) is 7.99. The Hall–Kier alpha value is -2.18. The van der Waals surface area contributed by atoms with Crippen molar-refractivity contribution in [2.45, 2.75) is 43.2 Å². The topological polar surface area (TPSA) is 67.9 Å². The Kier molecular flexibility index (Phi) is 2.71. The van der Waals surface area contributed by atoms with Crippen molar-refractivity contribution in [2.75, 3.05) is 19.0 Å². The molecule has 0 radical (unpaired) electrons. The van der Waals surface area contributed by atoms with Crippen LogP contribution in [0.2, 0.25) is 0 Å². The van der Waals surface area contributed by atoms with Crippen LogP contribution in [0, 0.1) is 11.3 Å². The molecule has 1 aromatic carbocycles. The summed E-state index contributed by atoms with van der Waals surface area (Å²) in [5.74, 6) is -0.611. The van der Waals surface area contributed by atoms with Gasteiger partial charge in [-0.05, 0) is 25.0 Å². The molecule has 4 heterocycles. The van der Waals surface area contributed by atoms with Crippen molar-refractivity contribution >= 4 is 17.9 Å². The average molecular weight is 366 g/mol. The van der Waals surface area contributed by atoms with Crippen molar-refractivity contribution < 1.29 is 19.1 Å². The first-order valence-electron chi connectivity index (χ1n) is 9.60. The second-order valence-corrected chi connectivity index (χ2v) is 8.41. The van der Waals surface area contributed by atoms with Gasteiger partial charge in [-0.25, -0.2) is 0 Å². The van der Waals surface area contributed by atoms with Gasteiger partial charge in [-0.15, -0.1) is 0 Å². The van der Waals surface area contributed by atoms with Gasteiger partial charge in [0.05, 0.1) is 18.6 Å². The van der Waals surface area contributed by atoms with Gasteiger partial charge in [0, 0.05) is 24.6 Å². The third kappa shape index (κ3) is 1.32. The number of aldehydes is 1. The minimum absolute atomic E-state index is 0.101. The number of carbonyl (C=O) groups is 2. The maximum Gasteiger partial charge on any atom is 0.320 e. The van der Waals surface area contributed by atoms with E-state index in [1.165, 1.54) is 7.11 Å². The van der Waals surface area contributed by atoms with E-state index in [2.05, 4.69) is 16.3 Å². The second-order valence-electron chi connectivity index (χ2n) is 8.41. The summed E-state index contributed by atoms with van der Waals surface area (Å²) in [5, 5.41) is 3.63. The monoisotopic (exact) mass is 366 g/mol. The van der Waals surface area contributed by atoms with Gasteiger partial charge < -0.3 is 19.6 Å². The zero-order chi connectivity index (χ0) is 18.6. The predicted molar refractivity (Wildman–Crippen MR) is 96.8 cm³/mol. The minimum atomic E-state index is -1.29. The summed E-state index contributed by atoms with van der Waals surface area (Å²) in [6.45, 7) is 2.73. The van der Waals surface area contributed by atoms with Gasteiger partial charge in [0.15, 0.2) is 5.72 Å². The summed E-state index contributed by atoms with van der Waals surface area (Å²) in [6.07, 6.45) is 4.18. The molecule has 140 valence electrons. The molecular weight excluding hydrogens is 344 g/mol. The lowest BCUT2D eigenvalue weighted by molar-refractivity contribution is -0.182. The van der Waals surface area contributed by atoms with Gasteiger partial charge in [0.25, 0.3) is 0 Å². The lowest BCUT2D eigenvalue weighted by atomic mass is 9.42. The first kappa shape index (κ1) is 15.8. The van der Waals surface area contributed by atoms with Crippen LogP contribution in [0.1, 0.15) is 25.3 Å². The van der Waals surface area contributed by atoms with Crippen molar-refractivity contribution in [3.63, 3.8) is 0 Å². The minimum Gasteiger partial charge on any atom is -0.468 e. The largest absolute Gasteiger partial charge is 0.468 e. The van der Waals surface area contributed by atoms with Crippen LogP contribution in [-0.4, -0.2) is 48.8 Å². The van der Waals surface area contributed by atoms with Crippen LogP contribution in [0.15, 0.2) is 35.9 Å². The van der Waals surface area contributed by atoms with Crippen molar-refractivity contribution in [3.8, 4) is 0 Å². The van der Waals surface area contributed by atoms with Crippen molar-refractivity contribution in [1.29, 1.82) is 0 Å². The summed E-state index contributed by atoms with van der Waals surface area (Å²) in [6, 6.07) is 8.15. The summed E-state index contributed by atoms with van der Waals surface area (Å²) < 4.78 is 11.9. The molecule has 1 aromatic rings. The van der Waals surface area contributed by atoms with Gasteiger partial charge in [0.2, 0.25) is 0 Å². The normalized spacial score (nSPS) is 46.9. The van der Waals surface area contributed by atoms with E-state index in [4.69, 9.17) is 9.47 Å². The highest BCUT2D eigenvalue weighted by atomic mass is 16.6. The van der Waals surface area contributed by atoms with Crippen LogP contribution in [0.5, 0.6) is 0 Å². The van der Waals surface area contributed by atoms with Crippen LogP contribution in [-0.2, 0) is 24.5 Å². The number of ether oxygens (including phenoxy) is 2. The standard InChI is InChI=1S/C21H22N2O4/c1-3-12-10-23-16-8-14(12)19(11-24,18(25)26-2)20-9-17(23)27-21(16,20)22-15-7-5-4-6-13(15)20/h3-7,11,14,16-17,22H,8-10H2,1-2H3/b12-3-/t14-,16-,17-,19-,20+,21+/m0/s1. The van der Waals surface area contributed by atoms with E-state index in [9.17, 15) is 9.59 Å². The van der Waals surface area contributed by atoms with E-state index in [0.717, 1.165) is 29.7 Å². The number of nitrogens with one attached hydrogen (secondary N) is 1. The molecular formula is C21H22N2O4. The number of benzene rings is 1. The number of hydrogen-bond acceptors (Lipinski definition) is 6. The number of methoxy groups -OCH3 is 1. The maximum absolute atomic E-state index is 13.4. The van der Waals surface area contributed by atoms with E-state index in [1.54, 1.807) is 0 Å². The third-order valence-electron chi connectivity index (χ3n) is 7.99. The van der Waals surface area contributed by atoms with Crippen molar-refractivity contribution in [2.24, 2.45) is 11.3 Å². The Morgan fingerprint density at radius 1 is 1.41 bits per heavy atom. The highest BCUT2D eigenvalue weighted by Crippen LogP contribution is 2.75. The average Bonchev–Trinajstić information content (AvgIpc) is 3.30. The molecule has 27 heavy (non-hydrogen) atoms. The number of hydrogen-bond donors (Lipinski definition) is 1. The number of para-hydroxylation sites is 1. The van der Waals surface area contributed by atoms with Crippen LogP contribution in [0.25, 0.3) is 0 Å². The number of anilines is 1. The summed E-state index contributed by atoms with van der Waals surface area (Å²) >= 11 is 0. The molecule has 6 rings (SSSR count). The number of allylic oxidation sites excluding steroid dienone is 1. The van der Waals surface area contributed by atoms with E-state index >= 15 is 0 Å². The fraction of sp³-hybridized carbons (Fsp3) is 0.524. The molecule has 0 unspecified atom stereocenters. The van der Waals surface area contributed by atoms with Crippen molar-refractivity contribution in [3.05, 3.63) is 41.5 Å². The van der Waals surface area contributed by atoms with Crippen LogP contribution < -0.4 is 5.32 Å². The lowest BCUT2D eigenvalue weighted by Gasteiger charge is -2.63. The van der Waals surface area contributed by atoms with E-state index in [0.29, 0.717) is 12.8 Å². The molecule has 6 atom stereocenters. The van der Waals surface area contributed by atoms with Gasteiger partial charge in [-0.1, -0.05) is 29.8 Å². The number of esters is 1. The molecule has 1 saturated carbocycles. The maximum atomic E-state index is 13.4.